The molecule has 0 saturated heterocycles. The summed E-state index contributed by atoms with van der Waals surface area (Å²) in [7, 11) is 0. The van der Waals surface area contributed by atoms with Crippen LogP contribution in [0.5, 0.6) is 5.75 Å². The highest BCUT2D eigenvalue weighted by Crippen LogP contribution is 2.26. The monoisotopic (exact) mass is 473 g/mol. The Hall–Kier alpha value is -2.84. The van der Waals surface area contributed by atoms with E-state index in [1.807, 2.05) is 20.8 Å². The quantitative estimate of drug-likeness (QED) is 0.333. The molecule has 32 heavy (non-hydrogen) atoms. The number of thioether (sulfide) groups is 1. The smallest absolute Gasteiger partial charge is 0.277 e. The van der Waals surface area contributed by atoms with Crippen molar-refractivity contribution in [1.29, 1.82) is 0 Å². The molecule has 1 heterocycles. The Morgan fingerprint density at radius 1 is 1.09 bits per heavy atom. The van der Waals surface area contributed by atoms with Gasteiger partial charge < -0.3 is 14.5 Å². The molecule has 3 rings (SSSR count). The molecule has 1 N–H and O–H groups in total. The molecule has 9 heteroatoms. The van der Waals surface area contributed by atoms with Crippen molar-refractivity contribution in [3.63, 3.8) is 0 Å². The third-order valence-corrected chi connectivity index (χ3v) is 5.57. The molecule has 0 spiro atoms. The molecule has 0 aliphatic heterocycles. The van der Waals surface area contributed by atoms with Crippen LogP contribution in [0.1, 0.15) is 43.9 Å². The van der Waals surface area contributed by atoms with Gasteiger partial charge in [0.25, 0.3) is 11.1 Å². The van der Waals surface area contributed by atoms with Crippen molar-refractivity contribution in [2.24, 2.45) is 5.41 Å². The summed E-state index contributed by atoms with van der Waals surface area (Å²) >= 11 is 7.03. The first-order valence-corrected chi connectivity index (χ1v) is 11.2. The van der Waals surface area contributed by atoms with Crippen LogP contribution in [0.4, 0.5) is 5.69 Å². The van der Waals surface area contributed by atoms with Crippen molar-refractivity contribution in [3.8, 4) is 5.75 Å². The lowest BCUT2D eigenvalue weighted by Gasteiger charge is -2.17. The Morgan fingerprint density at radius 2 is 1.75 bits per heavy atom. The Labute approximate surface area is 195 Å². The predicted molar refractivity (Wildman–Crippen MR) is 124 cm³/mol. The summed E-state index contributed by atoms with van der Waals surface area (Å²) in [6, 6.07) is 13.8. The normalized spacial score (nSPS) is 12.3. The first-order chi connectivity index (χ1) is 15.1. The number of ether oxygens (including phenoxy) is 1. The zero-order chi connectivity index (χ0) is 23.3. The first-order valence-electron chi connectivity index (χ1n) is 9.95. The second-order valence-corrected chi connectivity index (χ2v) is 9.84. The third kappa shape index (κ3) is 6.58. The average Bonchev–Trinajstić information content (AvgIpc) is 3.20. The lowest BCUT2D eigenvalue weighted by atomic mass is 9.95. The van der Waals surface area contributed by atoms with Crippen molar-refractivity contribution >= 4 is 40.7 Å². The van der Waals surface area contributed by atoms with Crippen LogP contribution in [-0.2, 0) is 11.4 Å². The van der Waals surface area contributed by atoms with Gasteiger partial charge in [0.15, 0.2) is 12.4 Å². The van der Waals surface area contributed by atoms with E-state index in [1.54, 1.807) is 55.5 Å². The summed E-state index contributed by atoms with van der Waals surface area (Å²) in [5, 5.41) is 11.2. The summed E-state index contributed by atoms with van der Waals surface area (Å²) in [6.45, 7) is 7.40. The van der Waals surface area contributed by atoms with Gasteiger partial charge in [0, 0.05) is 21.7 Å². The van der Waals surface area contributed by atoms with Crippen LogP contribution in [0, 0.1) is 5.41 Å². The molecule has 7 nitrogen and oxygen atoms in total. The van der Waals surface area contributed by atoms with Crippen molar-refractivity contribution in [2.75, 3.05) is 5.32 Å². The maximum absolute atomic E-state index is 12.8. The fourth-order valence-electron chi connectivity index (χ4n) is 2.50. The van der Waals surface area contributed by atoms with E-state index in [-0.39, 0.29) is 23.5 Å². The number of benzene rings is 2. The Balaban J connectivity index is 1.54. The standard InChI is InChI=1S/C23H24ClN3O4S/c1-14(20(28)15-5-9-17(10-6-15)25-21(29)23(2,3)4)32-22-27-26-19(31-22)13-30-18-11-7-16(24)8-12-18/h5-12,14H,13H2,1-4H3,(H,25,29). The number of carbonyl (C=O) groups is 2. The van der Waals surface area contributed by atoms with Crippen LogP contribution < -0.4 is 10.1 Å². The maximum Gasteiger partial charge on any atom is 0.277 e. The summed E-state index contributed by atoms with van der Waals surface area (Å²) < 4.78 is 11.2. The van der Waals surface area contributed by atoms with Gasteiger partial charge in [0.05, 0.1) is 5.25 Å². The fraction of sp³-hybridized carbons (Fsp3) is 0.304. The molecule has 168 valence electrons. The summed E-state index contributed by atoms with van der Waals surface area (Å²) in [4.78, 5) is 24.8. The van der Waals surface area contributed by atoms with E-state index in [9.17, 15) is 9.59 Å². The lowest BCUT2D eigenvalue weighted by molar-refractivity contribution is -0.123. The van der Waals surface area contributed by atoms with Gasteiger partial charge in [-0.2, -0.15) is 0 Å². The van der Waals surface area contributed by atoms with E-state index in [2.05, 4.69) is 15.5 Å². The zero-order valence-corrected chi connectivity index (χ0v) is 19.8. The van der Waals surface area contributed by atoms with Crippen LogP contribution in [0.2, 0.25) is 5.02 Å². The molecule has 1 aromatic heterocycles. The van der Waals surface area contributed by atoms with Gasteiger partial charge in [-0.3, -0.25) is 9.59 Å². The van der Waals surface area contributed by atoms with Gasteiger partial charge in [0.2, 0.25) is 5.91 Å². The number of nitrogens with one attached hydrogen (secondary N) is 1. The predicted octanol–water partition coefficient (Wildman–Crippen LogP) is 5.65. The van der Waals surface area contributed by atoms with Gasteiger partial charge in [-0.15, -0.1) is 10.2 Å². The number of Topliss-reactive ketones (excluding diaryl/α,β-unsaturated/α-hetero) is 1. The number of halogens is 1. The molecule has 0 fully saturated rings. The number of amides is 1. The van der Waals surface area contributed by atoms with Gasteiger partial charge in [-0.05, 0) is 55.5 Å². The molecule has 0 bridgehead atoms. The fourth-order valence-corrected chi connectivity index (χ4v) is 3.40. The molecule has 0 saturated carbocycles. The molecule has 2 aromatic carbocycles. The second kappa shape index (κ2) is 10.2. The van der Waals surface area contributed by atoms with Gasteiger partial charge in [-0.25, -0.2) is 0 Å². The van der Waals surface area contributed by atoms with Crippen molar-refractivity contribution in [1.82, 2.24) is 10.2 Å². The largest absolute Gasteiger partial charge is 0.484 e. The number of aromatic nitrogens is 2. The van der Waals surface area contributed by atoms with Crippen molar-refractivity contribution in [3.05, 3.63) is 65.0 Å². The molecule has 1 amide bonds. The first kappa shape index (κ1) is 23.8. The third-order valence-electron chi connectivity index (χ3n) is 4.38. The highest BCUT2D eigenvalue weighted by atomic mass is 35.5. The second-order valence-electron chi connectivity index (χ2n) is 8.11. The SMILES string of the molecule is CC(Sc1nnc(COc2ccc(Cl)cc2)o1)C(=O)c1ccc(NC(=O)C(C)(C)C)cc1. The van der Waals surface area contributed by atoms with E-state index < -0.39 is 10.7 Å². The summed E-state index contributed by atoms with van der Waals surface area (Å²) in [5.41, 5.74) is 0.677. The number of anilines is 1. The van der Waals surface area contributed by atoms with E-state index in [0.29, 0.717) is 27.9 Å². The summed E-state index contributed by atoms with van der Waals surface area (Å²) in [5.74, 6) is 0.766. The van der Waals surface area contributed by atoms with E-state index >= 15 is 0 Å². The number of ketones is 1. The molecule has 3 aromatic rings. The Bertz CT molecular complexity index is 1080. The number of hydrogen-bond donors (Lipinski definition) is 1. The number of nitrogens with zero attached hydrogens (tertiary/aromatic N) is 2. The van der Waals surface area contributed by atoms with E-state index in [1.165, 1.54) is 11.8 Å². The van der Waals surface area contributed by atoms with E-state index in [0.717, 1.165) is 0 Å². The molecular weight excluding hydrogens is 450 g/mol. The van der Waals surface area contributed by atoms with Crippen LogP contribution in [-0.4, -0.2) is 27.1 Å². The maximum atomic E-state index is 12.8. The zero-order valence-electron chi connectivity index (χ0n) is 18.2. The average molecular weight is 474 g/mol. The highest BCUT2D eigenvalue weighted by molar-refractivity contribution is 8.00. The Morgan fingerprint density at radius 3 is 2.38 bits per heavy atom. The Kier molecular flexibility index (Phi) is 7.58. The van der Waals surface area contributed by atoms with Gasteiger partial charge in [-0.1, -0.05) is 44.1 Å². The molecule has 1 unspecified atom stereocenters. The van der Waals surface area contributed by atoms with Crippen LogP contribution in [0.25, 0.3) is 0 Å². The number of rotatable bonds is 8. The van der Waals surface area contributed by atoms with Crippen LogP contribution in [0.3, 0.4) is 0 Å². The molecule has 0 aliphatic rings. The van der Waals surface area contributed by atoms with Gasteiger partial charge >= 0.3 is 0 Å². The topological polar surface area (TPSA) is 94.3 Å². The van der Waals surface area contributed by atoms with Crippen molar-refractivity contribution < 1.29 is 18.7 Å². The molecule has 0 radical (unpaired) electrons. The highest BCUT2D eigenvalue weighted by Gasteiger charge is 2.22. The minimum atomic E-state index is -0.498. The van der Waals surface area contributed by atoms with Gasteiger partial charge in [0.1, 0.15) is 5.75 Å². The summed E-state index contributed by atoms with van der Waals surface area (Å²) in [6.07, 6.45) is 0. The van der Waals surface area contributed by atoms with Crippen LogP contribution >= 0.6 is 23.4 Å². The molecule has 1 atom stereocenters. The van der Waals surface area contributed by atoms with Crippen molar-refractivity contribution in [2.45, 2.75) is 44.8 Å². The lowest BCUT2D eigenvalue weighted by Crippen LogP contribution is -2.27. The number of hydrogen-bond acceptors (Lipinski definition) is 7. The molecule has 0 aliphatic carbocycles. The number of carbonyl (C=O) groups excluding carboxylic acids is 2. The van der Waals surface area contributed by atoms with Crippen LogP contribution in [0.15, 0.2) is 58.2 Å². The minimum Gasteiger partial charge on any atom is -0.484 e. The van der Waals surface area contributed by atoms with E-state index in [4.69, 9.17) is 20.8 Å². The minimum absolute atomic E-state index is 0.0825. The molecular formula is C23H24ClN3O4S.